The van der Waals surface area contributed by atoms with Gasteiger partial charge >= 0.3 is 0 Å². The number of nitrogens with one attached hydrogen (secondary N) is 1. The van der Waals surface area contributed by atoms with E-state index < -0.39 is 5.91 Å². The molecule has 3 rings (SSSR count). The molecule has 0 spiro atoms. The molecule has 140 valence electrons. The fourth-order valence-corrected chi connectivity index (χ4v) is 2.95. The summed E-state index contributed by atoms with van der Waals surface area (Å²) in [6.07, 6.45) is 1.42. The van der Waals surface area contributed by atoms with Crippen molar-refractivity contribution in [2.24, 2.45) is 5.73 Å². The molecule has 0 saturated carbocycles. The third-order valence-electron chi connectivity index (χ3n) is 4.33. The minimum atomic E-state index is -0.612. The summed E-state index contributed by atoms with van der Waals surface area (Å²) in [7, 11) is 3.08. The number of aliphatic hydroxyl groups is 1. The quantitative estimate of drug-likeness (QED) is 0.618. The Kier molecular flexibility index (Phi) is 5.14. The Morgan fingerprint density at radius 1 is 1.19 bits per heavy atom. The predicted molar refractivity (Wildman–Crippen MR) is 104 cm³/mol. The zero-order chi connectivity index (χ0) is 19.6. The Bertz CT molecular complexity index is 1020. The zero-order valence-corrected chi connectivity index (χ0v) is 15.4. The smallest absolute Gasteiger partial charge is 0.252 e. The van der Waals surface area contributed by atoms with Crippen LogP contribution in [0.5, 0.6) is 11.5 Å². The van der Waals surface area contributed by atoms with E-state index in [1.807, 2.05) is 25.1 Å². The second-order valence-electron chi connectivity index (χ2n) is 6.08. The highest BCUT2D eigenvalue weighted by molar-refractivity contribution is 6.08. The summed E-state index contributed by atoms with van der Waals surface area (Å²) in [5.74, 6) is 0.420. The summed E-state index contributed by atoms with van der Waals surface area (Å²) < 4.78 is 10.7. The number of benzene rings is 2. The SMILES string of the molecule is COc1cc2ncc(C(N)=O)c(Nc3ccc(C)cc3CO)c2cc1OC. The van der Waals surface area contributed by atoms with Gasteiger partial charge in [-0.25, -0.2) is 0 Å². The molecule has 7 nitrogen and oxygen atoms in total. The average molecular weight is 367 g/mol. The summed E-state index contributed by atoms with van der Waals surface area (Å²) in [5.41, 5.74) is 9.29. The van der Waals surface area contributed by atoms with Gasteiger partial charge < -0.3 is 25.6 Å². The number of carbonyl (C=O) groups is 1. The van der Waals surface area contributed by atoms with Gasteiger partial charge in [-0.3, -0.25) is 9.78 Å². The van der Waals surface area contributed by atoms with Gasteiger partial charge in [0.15, 0.2) is 11.5 Å². The number of aryl methyl sites for hydroxylation is 1. The van der Waals surface area contributed by atoms with E-state index in [0.717, 1.165) is 5.56 Å². The molecule has 0 unspecified atom stereocenters. The second kappa shape index (κ2) is 7.51. The minimum absolute atomic E-state index is 0.143. The van der Waals surface area contributed by atoms with Gasteiger partial charge in [-0.1, -0.05) is 17.7 Å². The van der Waals surface area contributed by atoms with Gasteiger partial charge in [-0.05, 0) is 19.1 Å². The molecule has 0 radical (unpaired) electrons. The van der Waals surface area contributed by atoms with Gasteiger partial charge in [0.25, 0.3) is 5.91 Å². The number of hydrogen-bond acceptors (Lipinski definition) is 6. The third kappa shape index (κ3) is 3.50. The molecule has 0 saturated heterocycles. The lowest BCUT2D eigenvalue weighted by molar-refractivity contribution is 0.100. The fourth-order valence-electron chi connectivity index (χ4n) is 2.95. The molecule has 0 aliphatic carbocycles. The lowest BCUT2D eigenvalue weighted by Gasteiger charge is -2.17. The van der Waals surface area contributed by atoms with Crippen LogP contribution < -0.4 is 20.5 Å². The van der Waals surface area contributed by atoms with Crippen molar-refractivity contribution in [2.45, 2.75) is 13.5 Å². The number of fused-ring (bicyclic) bond motifs is 1. The van der Waals surface area contributed by atoms with Crippen LogP contribution in [0.25, 0.3) is 10.9 Å². The molecule has 0 atom stereocenters. The van der Waals surface area contributed by atoms with Crippen LogP contribution in [0.2, 0.25) is 0 Å². The van der Waals surface area contributed by atoms with Crippen molar-refractivity contribution in [2.75, 3.05) is 19.5 Å². The fraction of sp³-hybridized carbons (Fsp3) is 0.200. The monoisotopic (exact) mass is 367 g/mol. The normalized spacial score (nSPS) is 10.7. The molecule has 4 N–H and O–H groups in total. The van der Waals surface area contributed by atoms with Gasteiger partial charge in [-0.15, -0.1) is 0 Å². The summed E-state index contributed by atoms with van der Waals surface area (Å²) in [4.78, 5) is 16.3. The van der Waals surface area contributed by atoms with E-state index in [-0.39, 0.29) is 12.2 Å². The van der Waals surface area contributed by atoms with Gasteiger partial charge in [0.05, 0.1) is 37.6 Å². The number of carbonyl (C=O) groups excluding carboxylic acids is 1. The molecule has 7 heteroatoms. The Morgan fingerprint density at radius 3 is 2.52 bits per heavy atom. The Labute approximate surface area is 156 Å². The molecule has 27 heavy (non-hydrogen) atoms. The second-order valence-corrected chi connectivity index (χ2v) is 6.08. The number of nitrogens with zero attached hydrogens (tertiary/aromatic N) is 1. The highest BCUT2D eigenvalue weighted by atomic mass is 16.5. The van der Waals surface area contributed by atoms with Crippen LogP contribution in [0.3, 0.4) is 0 Å². The molecular formula is C20H21N3O4. The van der Waals surface area contributed by atoms with E-state index in [1.54, 1.807) is 19.2 Å². The van der Waals surface area contributed by atoms with Crippen molar-refractivity contribution in [3.63, 3.8) is 0 Å². The number of aromatic nitrogens is 1. The summed E-state index contributed by atoms with van der Waals surface area (Å²) in [6, 6.07) is 9.10. The molecular weight excluding hydrogens is 346 g/mol. The number of ether oxygens (including phenoxy) is 2. The molecule has 3 aromatic rings. The molecule has 0 fully saturated rings. The standard InChI is InChI=1S/C20H21N3O4/c1-11-4-5-15(12(6-11)10-24)23-19-13-7-17(26-2)18(27-3)8-16(13)22-9-14(19)20(21)25/h4-9,24H,10H2,1-3H3,(H2,21,25)(H,22,23). The van der Waals surface area contributed by atoms with Crippen LogP contribution in [0.1, 0.15) is 21.5 Å². The van der Waals surface area contributed by atoms with Crippen LogP contribution >= 0.6 is 0 Å². The average Bonchev–Trinajstić information content (AvgIpc) is 2.67. The number of pyridine rings is 1. The number of nitrogens with two attached hydrogens (primary N) is 1. The van der Waals surface area contributed by atoms with Gasteiger partial charge in [0.1, 0.15) is 0 Å². The number of methoxy groups -OCH3 is 2. The highest BCUT2D eigenvalue weighted by Crippen LogP contribution is 2.37. The van der Waals surface area contributed by atoms with Crippen LogP contribution in [0.15, 0.2) is 36.5 Å². The van der Waals surface area contributed by atoms with E-state index in [0.29, 0.717) is 39.3 Å². The third-order valence-corrected chi connectivity index (χ3v) is 4.33. The van der Waals surface area contributed by atoms with E-state index in [2.05, 4.69) is 10.3 Å². The molecule has 1 aromatic heterocycles. The molecule has 0 aliphatic heterocycles. The first-order valence-corrected chi connectivity index (χ1v) is 8.30. The molecule has 1 amide bonds. The lowest BCUT2D eigenvalue weighted by atomic mass is 10.1. The molecule has 2 aromatic carbocycles. The molecule has 0 aliphatic rings. The molecule has 0 bridgehead atoms. The first-order valence-electron chi connectivity index (χ1n) is 8.30. The number of amides is 1. The van der Waals surface area contributed by atoms with E-state index in [1.165, 1.54) is 13.3 Å². The van der Waals surface area contributed by atoms with Crippen molar-refractivity contribution in [3.8, 4) is 11.5 Å². The molecule has 1 heterocycles. The van der Waals surface area contributed by atoms with Crippen molar-refractivity contribution in [1.29, 1.82) is 0 Å². The maximum absolute atomic E-state index is 12.0. The van der Waals surface area contributed by atoms with E-state index >= 15 is 0 Å². The van der Waals surface area contributed by atoms with Crippen LogP contribution in [0.4, 0.5) is 11.4 Å². The van der Waals surface area contributed by atoms with Crippen LogP contribution in [-0.4, -0.2) is 30.2 Å². The maximum atomic E-state index is 12.0. The minimum Gasteiger partial charge on any atom is -0.493 e. The Morgan fingerprint density at radius 2 is 1.89 bits per heavy atom. The first kappa shape index (κ1) is 18.5. The summed E-state index contributed by atoms with van der Waals surface area (Å²) >= 11 is 0. The van der Waals surface area contributed by atoms with Gasteiger partial charge in [0.2, 0.25) is 0 Å². The van der Waals surface area contributed by atoms with Gasteiger partial charge in [-0.2, -0.15) is 0 Å². The van der Waals surface area contributed by atoms with Crippen molar-refractivity contribution < 1.29 is 19.4 Å². The Hall–Kier alpha value is -3.32. The maximum Gasteiger partial charge on any atom is 0.252 e. The number of anilines is 2. The zero-order valence-electron chi connectivity index (χ0n) is 15.4. The first-order chi connectivity index (χ1) is 13.0. The summed E-state index contributed by atoms with van der Waals surface area (Å²) in [5, 5.41) is 13.6. The number of hydrogen-bond donors (Lipinski definition) is 3. The lowest BCUT2D eigenvalue weighted by Crippen LogP contribution is -2.14. The van der Waals surface area contributed by atoms with Crippen LogP contribution in [-0.2, 0) is 6.61 Å². The van der Waals surface area contributed by atoms with Crippen molar-refractivity contribution in [1.82, 2.24) is 4.98 Å². The van der Waals surface area contributed by atoms with Gasteiger partial charge in [0, 0.05) is 28.9 Å². The van der Waals surface area contributed by atoms with E-state index in [4.69, 9.17) is 15.2 Å². The van der Waals surface area contributed by atoms with Crippen LogP contribution in [0, 0.1) is 6.92 Å². The number of primary amides is 1. The van der Waals surface area contributed by atoms with Crippen molar-refractivity contribution in [3.05, 3.63) is 53.2 Å². The highest BCUT2D eigenvalue weighted by Gasteiger charge is 2.17. The van der Waals surface area contributed by atoms with E-state index in [9.17, 15) is 9.90 Å². The Balaban J connectivity index is 2.25. The van der Waals surface area contributed by atoms with Crippen molar-refractivity contribution >= 4 is 28.2 Å². The summed E-state index contributed by atoms with van der Waals surface area (Å²) in [6.45, 7) is 1.80. The largest absolute Gasteiger partial charge is 0.493 e. The topological polar surface area (TPSA) is 107 Å². The number of rotatable bonds is 6. The number of aliphatic hydroxyl groups excluding tert-OH is 1. The predicted octanol–water partition coefficient (Wildman–Crippen LogP) is 2.90.